The highest BCUT2D eigenvalue weighted by molar-refractivity contribution is 5.88. The molecule has 15 fully saturated rings. The Morgan fingerprint density at radius 3 is 1.14 bits per heavy atom. The number of rotatable bonds is 17. The normalized spacial score (nSPS) is 37.6. The van der Waals surface area contributed by atoms with Crippen LogP contribution in [0.3, 0.4) is 0 Å². The molecule has 0 aromatic rings. The minimum absolute atomic E-state index is 0. The van der Waals surface area contributed by atoms with Gasteiger partial charge >= 0.3 is 71.6 Å². The number of ether oxygens (including phenoxy) is 14. The predicted octanol–water partition coefficient (Wildman–Crippen LogP) is 12.6. The van der Waals surface area contributed by atoms with Gasteiger partial charge in [0.25, 0.3) is 0 Å². The van der Waals surface area contributed by atoms with Crippen molar-refractivity contribution in [1.29, 1.82) is 0 Å². The van der Waals surface area contributed by atoms with Crippen molar-refractivity contribution < 1.29 is 124 Å². The van der Waals surface area contributed by atoms with Gasteiger partial charge in [0, 0.05) is 35.5 Å². The van der Waals surface area contributed by atoms with Crippen LogP contribution in [0.2, 0.25) is 0 Å². The summed E-state index contributed by atoms with van der Waals surface area (Å²) in [6.45, 7) is 26.4. The molecule has 0 N–H and O–H groups in total. The zero-order valence-electron chi connectivity index (χ0n) is 58.6. The number of methoxy groups -OCH3 is 2. The molecule has 0 aromatic carbocycles. The van der Waals surface area contributed by atoms with E-state index in [2.05, 4.69) is 0 Å². The Kier molecular flexibility index (Phi) is 33.7. The molecule has 0 spiro atoms. The molecule has 26 nitrogen and oxygen atoms in total. The third kappa shape index (κ3) is 16.7. The number of carbonyl (C=O) groups is 12. The van der Waals surface area contributed by atoms with Crippen molar-refractivity contribution in [1.82, 2.24) is 0 Å². The molecule has 29 atom stereocenters. The quantitative estimate of drug-likeness (QED) is 0.0964. The first-order chi connectivity index (χ1) is 45.7. The molecule has 0 amide bonds. The standard InChI is InChI=1S/C16H22O6.C15H20O6.C15H22O4.C13H18O5.C12H16O5.10CH4/c1-5-16(2,3)15(19)22-12-7-6-8-10(9(7)13(17)20-4)14(18)21-11(8)12;1-4-6(2)13(16)20-11-7-5-8-10(9(7)14(17)19-3)15(18)21-12(8)11;1-5-14(2,3)12(16)19-11-8-6-9-10(7-8)18-13(17)15(9,11)4;1-4-13(2,3)12(15)18-9-7-5-6-8(16-7)10(9)17-11(6)14;1-3-5(2)11(13)16-9-7-4-6-8(15-7)10(9)17-12(6)14;;;;;;;;;;/h7-12H,5-6H2,1-4H3;6-12H,4-5H2,1-3H3;8-11H,5-7H2,1-4H3;6-10H,4-5H2,1-3H3;5-10H,3-4H2,1-2H3;10*1H4. The van der Waals surface area contributed by atoms with E-state index in [9.17, 15) is 57.5 Å². The lowest BCUT2D eigenvalue weighted by molar-refractivity contribution is -0.173. The molecular weight excluding hydrogens is 1390 g/mol. The predicted molar refractivity (Wildman–Crippen MR) is 396 cm³/mol. The molecule has 9 heterocycles. The Bertz CT molecular complexity index is 3170. The molecule has 6 saturated carbocycles. The molecule has 107 heavy (non-hydrogen) atoms. The van der Waals surface area contributed by atoms with Crippen molar-refractivity contribution >= 4 is 71.6 Å². The van der Waals surface area contributed by atoms with E-state index in [4.69, 9.17) is 66.3 Å². The highest BCUT2D eigenvalue weighted by atomic mass is 16.7. The number of esters is 12. The Labute approximate surface area is 638 Å². The molecule has 0 aromatic heterocycles. The van der Waals surface area contributed by atoms with E-state index >= 15 is 0 Å². The van der Waals surface area contributed by atoms with Crippen molar-refractivity contribution in [3.05, 3.63) is 0 Å². The third-order valence-corrected chi connectivity index (χ3v) is 25.2. The van der Waals surface area contributed by atoms with Crippen LogP contribution >= 0.6 is 0 Å². The Morgan fingerprint density at radius 2 is 0.766 bits per heavy atom. The van der Waals surface area contributed by atoms with Crippen LogP contribution in [0.25, 0.3) is 0 Å². The van der Waals surface area contributed by atoms with Crippen LogP contribution in [0, 0.1) is 105 Å². The summed E-state index contributed by atoms with van der Waals surface area (Å²) in [6.07, 6.45) is 3.56. The van der Waals surface area contributed by atoms with Crippen LogP contribution < -0.4 is 0 Å². The van der Waals surface area contributed by atoms with Gasteiger partial charge in [-0.25, -0.2) is 0 Å². The molecule has 29 unspecified atom stereocenters. The summed E-state index contributed by atoms with van der Waals surface area (Å²) >= 11 is 0. The first-order valence-electron chi connectivity index (χ1n) is 35.2. The lowest BCUT2D eigenvalue weighted by Gasteiger charge is -2.34. The van der Waals surface area contributed by atoms with E-state index in [1.807, 2.05) is 90.0 Å². The van der Waals surface area contributed by atoms with Crippen LogP contribution in [-0.2, 0) is 124 Å². The SMILES string of the molecule is C.C.C.C.C.C.C.C.C.C.CCC(C)(C)C(=O)OC1C2CC3C(=O)OC1C3O2.CCC(C)(C)C(=O)OC1C2CC3C1OC(=O)C3C2C(=O)OC.CCC(C)(C)C(=O)OC1C2CC3OC(=O)C1(C)C3C2.CCC(C)C(=O)OC1C2CC3C(=O)OC1C3O2.CCC(C)C(=O)OC1C2CC3C1OC(=O)C3C2C(=O)OC. The molecule has 15 aliphatic rings. The van der Waals surface area contributed by atoms with Gasteiger partial charge in [-0.2, -0.15) is 0 Å². The molecule has 9 saturated heterocycles. The van der Waals surface area contributed by atoms with Gasteiger partial charge in [0.15, 0.2) is 24.4 Å². The molecule has 26 heteroatoms. The summed E-state index contributed by atoms with van der Waals surface area (Å²) in [4.78, 5) is 144. The van der Waals surface area contributed by atoms with Crippen molar-refractivity contribution in [2.24, 2.45) is 105 Å². The number of fused-ring (bicyclic) bond motifs is 5. The minimum atomic E-state index is -0.604. The van der Waals surface area contributed by atoms with Gasteiger partial charge in [0.2, 0.25) is 0 Å². The van der Waals surface area contributed by atoms with E-state index in [1.165, 1.54) is 14.2 Å². The highest BCUT2D eigenvalue weighted by Crippen LogP contribution is 2.64. The maximum Gasteiger partial charge on any atom is 0.316 e. The largest absolute Gasteiger partial charge is 0.469 e. The summed E-state index contributed by atoms with van der Waals surface area (Å²) < 4.78 is 75.6. The summed E-state index contributed by atoms with van der Waals surface area (Å²) in [5.41, 5.74) is -2.19. The minimum Gasteiger partial charge on any atom is -0.469 e. The van der Waals surface area contributed by atoms with Crippen molar-refractivity contribution in [3.63, 3.8) is 0 Å². The Hall–Kier alpha value is -6.44. The van der Waals surface area contributed by atoms with E-state index in [1.54, 1.807) is 6.92 Å². The molecule has 15 rings (SSSR count). The van der Waals surface area contributed by atoms with Crippen LogP contribution in [-0.4, -0.2) is 171 Å². The average molecular weight is 1530 g/mol. The second-order valence-corrected chi connectivity index (χ2v) is 31.6. The second kappa shape index (κ2) is 36.6. The fraction of sp³-hybridized carbons (Fsp3) is 0.852. The van der Waals surface area contributed by atoms with Gasteiger partial charge in [-0.15, -0.1) is 0 Å². The summed E-state index contributed by atoms with van der Waals surface area (Å²) in [5, 5.41) is 0. The first-order valence-corrected chi connectivity index (χ1v) is 35.2. The van der Waals surface area contributed by atoms with Crippen LogP contribution in [0.5, 0.6) is 0 Å². The van der Waals surface area contributed by atoms with Gasteiger partial charge in [-0.05, 0) is 119 Å². The molecule has 0 radical (unpaired) electrons. The van der Waals surface area contributed by atoms with Gasteiger partial charge in [0.05, 0.1) is 90.0 Å². The van der Waals surface area contributed by atoms with Crippen molar-refractivity contribution in [2.75, 3.05) is 14.2 Å². The molecular formula is C81H138O26. The van der Waals surface area contributed by atoms with E-state index in [0.29, 0.717) is 50.9 Å². The van der Waals surface area contributed by atoms with Crippen molar-refractivity contribution in [3.8, 4) is 0 Å². The average Bonchev–Trinajstić information content (AvgIpc) is 1.53. The van der Waals surface area contributed by atoms with Gasteiger partial charge in [0.1, 0.15) is 54.2 Å². The van der Waals surface area contributed by atoms with E-state index in [-0.39, 0.29) is 236 Å². The van der Waals surface area contributed by atoms with Crippen molar-refractivity contribution in [2.45, 2.75) is 327 Å². The maximum absolute atomic E-state index is 12.4. The third-order valence-electron chi connectivity index (χ3n) is 25.2. The summed E-state index contributed by atoms with van der Waals surface area (Å²) in [5.74, 6) is -5.82. The van der Waals surface area contributed by atoms with E-state index < -0.39 is 93.9 Å². The smallest absolute Gasteiger partial charge is 0.316 e. The first kappa shape index (κ1) is 98.6. The Balaban J connectivity index is 0.000000655. The van der Waals surface area contributed by atoms with Gasteiger partial charge < -0.3 is 66.3 Å². The topological polar surface area (TPSA) is 334 Å². The van der Waals surface area contributed by atoms with Crippen LogP contribution in [0.4, 0.5) is 0 Å². The number of carbonyl (C=O) groups excluding carboxylic acids is 12. The summed E-state index contributed by atoms with van der Waals surface area (Å²) in [6, 6.07) is 0. The summed E-state index contributed by atoms with van der Waals surface area (Å²) in [7, 11) is 2.62. The number of hydrogen-bond donors (Lipinski definition) is 0. The maximum atomic E-state index is 12.4. The van der Waals surface area contributed by atoms with Crippen LogP contribution in [0.1, 0.15) is 242 Å². The number of hydrogen-bond acceptors (Lipinski definition) is 26. The monoisotopic (exact) mass is 1530 g/mol. The molecule has 618 valence electrons. The highest BCUT2D eigenvalue weighted by Gasteiger charge is 2.74. The lowest BCUT2D eigenvalue weighted by atomic mass is 9.73. The second-order valence-electron chi connectivity index (χ2n) is 31.6. The fourth-order valence-corrected chi connectivity index (χ4v) is 17.6. The lowest BCUT2D eigenvalue weighted by Crippen LogP contribution is -2.45. The van der Waals surface area contributed by atoms with Crippen LogP contribution in [0.15, 0.2) is 0 Å². The van der Waals surface area contributed by atoms with Gasteiger partial charge in [-0.1, -0.05) is 123 Å². The molecule has 10 bridgehead atoms. The van der Waals surface area contributed by atoms with Gasteiger partial charge in [-0.3, -0.25) is 57.5 Å². The zero-order chi connectivity index (χ0) is 70.8. The molecule has 6 aliphatic carbocycles. The fourth-order valence-electron chi connectivity index (χ4n) is 17.6. The Morgan fingerprint density at radius 1 is 0.421 bits per heavy atom. The molecule has 9 aliphatic heterocycles. The van der Waals surface area contributed by atoms with E-state index in [0.717, 1.165) is 25.7 Å². The zero-order valence-corrected chi connectivity index (χ0v) is 58.6.